The molecule has 0 spiro atoms. The van der Waals surface area contributed by atoms with Crippen molar-refractivity contribution in [3.05, 3.63) is 22.8 Å². The highest BCUT2D eigenvalue weighted by atomic mass is 32.2. The molecule has 2 unspecified atom stereocenters. The predicted molar refractivity (Wildman–Crippen MR) is 104 cm³/mol. The number of esters is 1. The number of carbonyl (C=O) groups excluding carboxylic acids is 2. The third-order valence-corrected chi connectivity index (χ3v) is 5.32. The first-order valence-corrected chi connectivity index (χ1v) is 9.85. The van der Waals surface area contributed by atoms with Gasteiger partial charge >= 0.3 is 11.9 Å². The van der Waals surface area contributed by atoms with Crippen molar-refractivity contribution >= 4 is 51.8 Å². The van der Waals surface area contributed by atoms with Gasteiger partial charge in [-0.1, -0.05) is 16.5 Å². The standard InChI is InChI=1S/C15H19N5O6S2/c1-3-26-14(24)10(12-18-7(13(22)23)4-5-27-12)19-11(21)9(20-25-2)8-6-17-15(16)28-8/h4,6,10,12,18H,3,5H2,1-2H3,(H2,16,17)(H,19,21)(H,22,23)/b20-9-. The van der Waals surface area contributed by atoms with Crippen LogP contribution in [-0.4, -0.2) is 64.5 Å². The van der Waals surface area contributed by atoms with Crippen LogP contribution in [0.15, 0.2) is 23.1 Å². The van der Waals surface area contributed by atoms with Crippen LogP contribution in [-0.2, 0) is 24.0 Å². The Balaban J connectivity index is 2.25. The van der Waals surface area contributed by atoms with Crippen molar-refractivity contribution in [1.29, 1.82) is 0 Å². The van der Waals surface area contributed by atoms with Gasteiger partial charge in [-0.05, 0) is 13.0 Å². The van der Waals surface area contributed by atoms with E-state index in [-0.39, 0.29) is 23.1 Å². The average Bonchev–Trinajstić information content (AvgIpc) is 3.10. The molecule has 152 valence electrons. The molecule has 28 heavy (non-hydrogen) atoms. The monoisotopic (exact) mass is 429 g/mol. The summed E-state index contributed by atoms with van der Waals surface area (Å²) >= 11 is 2.27. The van der Waals surface area contributed by atoms with Crippen LogP contribution >= 0.6 is 23.1 Å². The van der Waals surface area contributed by atoms with Crippen molar-refractivity contribution in [2.45, 2.75) is 18.3 Å². The number of ether oxygens (including phenoxy) is 1. The summed E-state index contributed by atoms with van der Waals surface area (Å²) < 4.78 is 5.03. The number of amides is 1. The molecular weight excluding hydrogens is 410 g/mol. The van der Waals surface area contributed by atoms with Crippen LogP contribution in [0.2, 0.25) is 0 Å². The van der Waals surface area contributed by atoms with Crippen molar-refractivity contribution in [3.63, 3.8) is 0 Å². The molecule has 2 atom stereocenters. The Bertz CT molecular complexity index is 809. The van der Waals surface area contributed by atoms with Crippen LogP contribution in [0.4, 0.5) is 5.13 Å². The topological polar surface area (TPSA) is 165 Å². The van der Waals surface area contributed by atoms with Gasteiger partial charge in [0.1, 0.15) is 18.2 Å². The van der Waals surface area contributed by atoms with E-state index in [1.807, 2.05) is 0 Å². The Hall–Kier alpha value is -2.80. The first kappa shape index (κ1) is 21.5. The number of thioether (sulfide) groups is 1. The lowest BCUT2D eigenvalue weighted by atomic mass is 10.2. The van der Waals surface area contributed by atoms with E-state index in [4.69, 9.17) is 15.3 Å². The van der Waals surface area contributed by atoms with E-state index in [9.17, 15) is 19.5 Å². The minimum Gasteiger partial charge on any atom is -0.477 e. The average molecular weight is 429 g/mol. The quantitative estimate of drug-likeness (QED) is 0.246. The molecule has 1 amide bonds. The number of nitrogens with two attached hydrogens (primary N) is 1. The number of nitrogen functional groups attached to an aromatic ring is 1. The number of carboxylic acids is 1. The van der Waals surface area contributed by atoms with Crippen LogP contribution < -0.4 is 16.4 Å². The first-order chi connectivity index (χ1) is 13.4. The summed E-state index contributed by atoms with van der Waals surface area (Å²) in [6, 6.07) is -1.17. The number of aromatic nitrogens is 1. The lowest BCUT2D eigenvalue weighted by Crippen LogP contribution is -2.56. The van der Waals surface area contributed by atoms with Gasteiger partial charge in [0.05, 0.1) is 11.5 Å². The number of hydrogen-bond donors (Lipinski definition) is 4. The zero-order valence-electron chi connectivity index (χ0n) is 15.0. The normalized spacial score (nSPS) is 17.7. The summed E-state index contributed by atoms with van der Waals surface area (Å²) in [5.74, 6) is -2.26. The number of nitrogens with one attached hydrogen (secondary N) is 2. The molecule has 1 aliphatic heterocycles. The number of aliphatic carboxylic acids is 1. The van der Waals surface area contributed by atoms with E-state index in [2.05, 4.69) is 20.8 Å². The van der Waals surface area contributed by atoms with Crippen molar-refractivity contribution in [2.24, 2.45) is 5.16 Å². The second kappa shape index (κ2) is 9.94. The summed E-state index contributed by atoms with van der Waals surface area (Å²) in [5, 5.41) is 17.6. The highest BCUT2D eigenvalue weighted by Gasteiger charge is 2.36. The number of rotatable bonds is 8. The fraction of sp³-hybridized carbons (Fsp3) is 0.400. The minimum atomic E-state index is -1.17. The van der Waals surface area contributed by atoms with Gasteiger partial charge in [0.2, 0.25) is 0 Å². The first-order valence-electron chi connectivity index (χ1n) is 7.99. The highest BCUT2D eigenvalue weighted by Crippen LogP contribution is 2.21. The molecule has 0 saturated carbocycles. The van der Waals surface area contributed by atoms with E-state index in [0.29, 0.717) is 10.6 Å². The van der Waals surface area contributed by atoms with Crippen molar-refractivity contribution < 1.29 is 29.1 Å². The molecular formula is C15H19N5O6S2. The molecule has 2 rings (SSSR count). The van der Waals surface area contributed by atoms with Crippen LogP contribution in [0.1, 0.15) is 11.8 Å². The molecule has 2 heterocycles. The number of thiazole rings is 1. The zero-order valence-corrected chi connectivity index (χ0v) is 16.6. The van der Waals surface area contributed by atoms with E-state index in [1.165, 1.54) is 31.1 Å². The minimum absolute atomic E-state index is 0.0618. The summed E-state index contributed by atoms with van der Waals surface area (Å²) in [5.41, 5.74) is 5.41. The maximum atomic E-state index is 12.8. The van der Waals surface area contributed by atoms with Gasteiger partial charge in [-0.25, -0.2) is 14.6 Å². The third-order valence-electron chi connectivity index (χ3n) is 3.38. The molecule has 0 fully saturated rings. The molecule has 0 aromatic carbocycles. The number of nitrogens with zero attached hydrogens (tertiary/aromatic N) is 2. The second-order valence-corrected chi connectivity index (χ2v) is 7.45. The SMILES string of the molecule is CCOC(=O)C(NC(=O)/C(=N\OC)c1cnc(N)s1)C1NC(C(=O)O)=CCS1. The molecule has 5 N–H and O–H groups in total. The number of hydrogen-bond acceptors (Lipinski definition) is 11. The molecule has 1 aliphatic rings. The van der Waals surface area contributed by atoms with Crippen molar-refractivity contribution in [1.82, 2.24) is 15.6 Å². The van der Waals surface area contributed by atoms with Gasteiger partial charge in [-0.15, -0.1) is 11.8 Å². The van der Waals surface area contributed by atoms with Crippen LogP contribution in [0, 0.1) is 0 Å². The Morgan fingerprint density at radius 2 is 2.29 bits per heavy atom. The van der Waals surface area contributed by atoms with E-state index in [0.717, 1.165) is 11.3 Å². The predicted octanol–water partition coefficient (Wildman–Crippen LogP) is -0.245. The van der Waals surface area contributed by atoms with E-state index >= 15 is 0 Å². The Labute approximate surface area is 168 Å². The molecule has 1 aromatic heterocycles. The Morgan fingerprint density at radius 1 is 1.54 bits per heavy atom. The molecule has 0 bridgehead atoms. The number of carbonyl (C=O) groups is 3. The highest BCUT2D eigenvalue weighted by molar-refractivity contribution is 8.00. The van der Waals surface area contributed by atoms with Crippen molar-refractivity contribution in [2.75, 3.05) is 25.2 Å². The largest absolute Gasteiger partial charge is 0.477 e. The Morgan fingerprint density at radius 3 is 2.86 bits per heavy atom. The molecule has 1 aromatic rings. The van der Waals surface area contributed by atoms with Crippen molar-refractivity contribution in [3.8, 4) is 0 Å². The van der Waals surface area contributed by atoms with E-state index in [1.54, 1.807) is 6.92 Å². The molecule has 0 saturated heterocycles. The van der Waals surface area contributed by atoms with Crippen LogP contribution in [0.25, 0.3) is 0 Å². The fourth-order valence-corrected chi connectivity index (χ4v) is 3.92. The van der Waals surface area contributed by atoms with Gasteiger partial charge in [-0.3, -0.25) is 4.79 Å². The lowest BCUT2D eigenvalue weighted by molar-refractivity contribution is -0.147. The molecule has 0 aliphatic carbocycles. The Kier molecular flexibility index (Phi) is 7.63. The molecule has 0 radical (unpaired) electrons. The molecule has 11 nitrogen and oxygen atoms in total. The number of oxime groups is 1. The second-order valence-electron chi connectivity index (χ2n) is 5.21. The van der Waals surface area contributed by atoms with Gasteiger partial charge in [0.25, 0.3) is 5.91 Å². The van der Waals surface area contributed by atoms with Crippen LogP contribution in [0.3, 0.4) is 0 Å². The van der Waals surface area contributed by atoms with Gasteiger partial charge in [-0.2, -0.15) is 0 Å². The maximum Gasteiger partial charge on any atom is 0.351 e. The summed E-state index contributed by atoms with van der Waals surface area (Å²) in [6.07, 6.45) is 2.83. The smallest absolute Gasteiger partial charge is 0.351 e. The fourth-order valence-electron chi connectivity index (χ4n) is 2.20. The van der Waals surface area contributed by atoms with Gasteiger partial charge in [0, 0.05) is 11.9 Å². The maximum absolute atomic E-state index is 12.8. The van der Waals surface area contributed by atoms with Crippen LogP contribution in [0.5, 0.6) is 0 Å². The number of carboxylic acid groups (broad SMARTS) is 1. The zero-order chi connectivity index (χ0) is 20.7. The summed E-state index contributed by atoms with van der Waals surface area (Å²) in [6.45, 7) is 1.72. The number of anilines is 1. The van der Waals surface area contributed by atoms with Gasteiger partial charge < -0.3 is 31.0 Å². The molecule has 13 heteroatoms. The summed E-state index contributed by atoms with van der Waals surface area (Å²) in [4.78, 5) is 45.3. The van der Waals surface area contributed by atoms with Gasteiger partial charge in [0.15, 0.2) is 16.9 Å². The third kappa shape index (κ3) is 5.36. The van der Waals surface area contributed by atoms with E-state index < -0.39 is 29.3 Å². The summed E-state index contributed by atoms with van der Waals surface area (Å²) in [7, 11) is 1.27. The lowest BCUT2D eigenvalue weighted by Gasteiger charge is -2.29.